The number of benzene rings is 1. The van der Waals surface area contributed by atoms with Crippen LogP contribution < -0.4 is 0 Å². The van der Waals surface area contributed by atoms with Crippen LogP contribution in [-0.4, -0.2) is 5.88 Å². The first-order chi connectivity index (χ1) is 7.04. The molecule has 1 aromatic carbocycles. The van der Waals surface area contributed by atoms with Crippen molar-refractivity contribution in [2.75, 3.05) is 5.88 Å². The summed E-state index contributed by atoms with van der Waals surface area (Å²) < 4.78 is 14.2. The predicted octanol–water partition coefficient (Wildman–Crippen LogP) is 4.87. The zero-order chi connectivity index (χ0) is 11.4. The predicted molar refractivity (Wildman–Crippen MR) is 67.6 cm³/mol. The van der Waals surface area contributed by atoms with E-state index in [0.29, 0.717) is 17.4 Å². The van der Waals surface area contributed by atoms with Gasteiger partial charge in [-0.1, -0.05) is 47.5 Å². The van der Waals surface area contributed by atoms with E-state index < -0.39 is 0 Å². The van der Waals surface area contributed by atoms with Crippen LogP contribution in [0.1, 0.15) is 19.4 Å². The van der Waals surface area contributed by atoms with Crippen molar-refractivity contribution in [1.82, 2.24) is 0 Å². The Hall–Kier alpha value is -0.340. The van der Waals surface area contributed by atoms with Gasteiger partial charge in [-0.2, -0.15) is 0 Å². The van der Waals surface area contributed by atoms with E-state index in [4.69, 9.17) is 11.6 Å². The van der Waals surface area contributed by atoms with Gasteiger partial charge in [0.15, 0.2) is 0 Å². The molecule has 0 radical (unpaired) electrons. The Labute approximate surface area is 103 Å². The second kappa shape index (κ2) is 5.66. The summed E-state index contributed by atoms with van der Waals surface area (Å²) in [5, 5.41) is 0. The molecule has 0 unspecified atom stereocenters. The standard InChI is InChI=1S/C12H13BrClF/c1-8(2)10(7-14)5-9-3-4-11(13)6-12(9)15/h3-6,8H,7H2,1-2H3. The lowest BCUT2D eigenvalue weighted by Crippen LogP contribution is -1.96. The SMILES string of the molecule is CC(C)C(=Cc1ccc(Br)cc1F)CCl. The van der Waals surface area contributed by atoms with Crippen molar-refractivity contribution in [3.63, 3.8) is 0 Å². The molecular weight excluding hydrogens is 278 g/mol. The third kappa shape index (κ3) is 3.62. The average molecular weight is 292 g/mol. The molecule has 0 heterocycles. The Morgan fingerprint density at radius 1 is 1.53 bits per heavy atom. The molecule has 0 aliphatic rings. The van der Waals surface area contributed by atoms with E-state index in [0.717, 1.165) is 10.0 Å². The summed E-state index contributed by atoms with van der Waals surface area (Å²) in [5.74, 6) is 0.547. The normalized spacial score (nSPS) is 12.3. The van der Waals surface area contributed by atoms with E-state index in [1.165, 1.54) is 6.07 Å². The van der Waals surface area contributed by atoms with Gasteiger partial charge in [-0.15, -0.1) is 11.6 Å². The summed E-state index contributed by atoms with van der Waals surface area (Å²) in [6.45, 7) is 4.09. The molecule has 0 bridgehead atoms. The molecule has 1 rings (SSSR count). The number of hydrogen-bond acceptors (Lipinski definition) is 0. The molecule has 0 saturated heterocycles. The van der Waals surface area contributed by atoms with Crippen LogP contribution in [0.15, 0.2) is 28.2 Å². The van der Waals surface area contributed by atoms with Gasteiger partial charge in [0.2, 0.25) is 0 Å². The molecule has 0 fully saturated rings. The van der Waals surface area contributed by atoms with E-state index in [-0.39, 0.29) is 5.82 Å². The van der Waals surface area contributed by atoms with Gasteiger partial charge in [-0.3, -0.25) is 0 Å². The Bertz CT molecular complexity index is 372. The Kier molecular flexibility index (Phi) is 4.81. The van der Waals surface area contributed by atoms with Crippen molar-refractivity contribution in [2.24, 2.45) is 5.92 Å². The monoisotopic (exact) mass is 290 g/mol. The average Bonchev–Trinajstić information content (AvgIpc) is 2.16. The van der Waals surface area contributed by atoms with E-state index in [1.807, 2.05) is 26.0 Å². The molecule has 0 aliphatic carbocycles. The fourth-order valence-electron chi connectivity index (χ4n) is 1.18. The maximum absolute atomic E-state index is 13.5. The quantitative estimate of drug-likeness (QED) is 0.697. The smallest absolute Gasteiger partial charge is 0.131 e. The summed E-state index contributed by atoms with van der Waals surface area (Å²) in [4.78, 5) is 0. The summed E-state index contributed by atoms with van der Waals surface area (Å²) in [6.07, 6.45) is 1.82. The minimum absolute atomic E-state index is 0.229. The Balaban J connectivity index is 3.06. The van der Waals surface area contributed by atoms with Gasteiger partial charge in [0, 0.05) is 15.9 Å². The van der Waals surface area contributed by atoms with E-state index in [1.54, 1.807) is 6.07 Å². The molecule has 0 saturated carbocycles. The van der Waals surface area contributed by atoms with Crippen LogP contribution in [0.3, 0.4) is 0 Å². The molecule has 0 amide bonds. The number of hydrogen-bond donors (Lipinski definition) is 0. The first-order valence-electron chi connectivity index (χ1n) is 4.76. The van der Waals surface area contributed by atoms with Crippen LogP contribution in [0.4, 0.5) is 4.39 Å². The van der Waals surface area contributed by atoms with Crippen LogP contribution in [0.25, 0.3) is 6.08 Å². The molecule has 0 atom stereocenters. The van der Waals surface area contributed by atoms with Gasteiger partial charge < -0.3 is 0 Å². The van der Waals surface area contributed by atoms with Gasteiger partial charge >= 0.3 is 0 Å². The fourth-order valence-corrected chi connectivity index (χ4v) is 1.90. The van der Waals surface area contributed by atoms with Gasteiger partial charge in [-0.05, 0) is 18.1 Å². The van der Waals surface area contributed by atoms with Crippen molar-refractivity contribution in [1.29, 1.82) is 0 Å². The lowest BCUT2D eigenvalue weighted by atomic mass is 10.0. The van der Waals surface area contributed by atoms with E-state index in [2.05, 4.69) is 15.9 Å². The highest BCUT2D eigenvalue weighted by atomic mass is 79.9. The molecule has 82 valence electrons. The highest BCUT2D eigenvalue weighted by Crippen LogP contribution is 2.20. The second-order valence-corrected chi connectivity index (χ2v) is 4.86. The van der Waals surface area contributed by atoms with E-state index >= 15 is 0 Å². The van der Waals surface area contributed by atoms with Gasteiger partial charge in [0.05, 0.1) is 0 Å². The van der Waals surface area contributed by atoms with Crippen molar-refractivity contribution in [3.8, 4) is 0 Å². The van der Waals surface area contributed by atoms with E-state index in [9.17, 15) is 4.39 Å². The molecule has 0 aromatic heterocycles. The summed E-state index contributed by atoms with van der Waals surface area (Å²) in [7, 11) is 0. The lowest BCUT2D eigenvalue weighted by molar-refractivity contribution is 0.623. The Morgan fingerprint density at radius 2 is 2.20 bits per heavy atom. The number of alkyl halides is 1. The largest absolute Gasteiger partial charge is 0.206 e. The molecule has 0 N–H and O–H groups in total. The number of halogens is 3. The minimum atomic E-state index is -0.229. The molecule has 0 spiro atoms. The first-order valence-corrected chi connectivity index (χ1v) is 6.09. The van der Waals surface area contributed by atoms with Crippen molar-refractivity contribution in [2.45, 2.75) is 13.8 Å². The van der Waals surface area contributed by atoms with Crippen LogP contribution in [0, 0.1) is 11.7 Å². The highest BCUT2D eigenvalue weighted by molar-refractivity contribution is 9.10. The molecule has 0 aliphatic heterocycles. The molecule has 3 heteroatoms. The first kappa shape index (κ1) is 12.7. The van der Waals surface area contributed by atoms with Crippen LogP contribution in [0.5, 0.6) is 0 Å². The summed E-state index contributed by atoms with van der Waals surface area (Å²) in [5.41, 5.74) is 1.63. The zero-order valence-corrected chi connectivity index (χ0v) is 11.1. The van der Waals surface area contributed by atoms with Gasteiger partial charge in [-0.25, -0.2) is 4.39 Å². The highest BCUT2D eigenvalue weighted by Gasteiger charge is 2.05. The lowest BCUT2D eigenvalue weighted by Gasteiger charge is -2.08. The topological polar surface area (TPSA) is 0 Å². The van der Waals surface area contributed by atoms with Crippen molar-refractivity contribution >= 4 is 33.6 Å². The Morgan fingerprint density at radius 3 is 2.67 bits per heavy atom. The zero-order valence-electron chi connectivity index (χ0n) is 8.73. The second-order valence-electron chi connectivity index (χ2n) is 3.67. The summed E-state index contributed by atoms with van der Waals surface area (Å²) in [6, 6.07) is 5.02. The minimum Gasteiger partial charge on any atom is -0.206 e. The van der Waals surface area contributed by atoms with Crippen LogP contribution in [0.2, 0.25) is 0 Å². The van der Waals surface area contributed by atoms with Crippen molar-refractivity contribution in [3.05, 3.63) is 39.6 Å². The third-order valence-electron chi connectivity index (χ3n) is 2.20. The molecular formula is C12H13BrClF. The van der Waals surface area contributed by atoms with Crippen LogP contribution in [-0.2, 0) is 0 Å². The number of rotatable bonds is 3. The third-order valence-corrected chi connectivity index (χ3v) is 3.00. The fraction of sp³-hybridized carbons (Fsp3) is 0.333. The molecule has 15 heavy (non-hydrogen) atoms. The van der Waals surface area contributed by atoms with Gasteiger partial charge in [0.1, 0.15) is 5.82 Å². The van der Waals surface area contributed by atoms with Gasteiger partial charge in [0.25, 0.3) is 0 Å². The molecule has 1 aromatic rings. The summed E-state index contributed by atoms with van der Waals surface area (Å²) >= 11 is 9.02. The number of allylic oxidation sites excluding steroid dienone is 1. The molecule has 0 nitrogen and oxygen atoms in total. The maximum atomic E-state index is 13.5. The van der Waals surface area contributed by atoms with Crippen molar-refractivity contribution < 1.29 is 4.39 Å². The maximum Gasteiger partial charge on any atom is 0.131 e. The van der Waals surface area contributed by atoms with Crippen LogP contribution >= 0.6 is 27.5 Å².